The maximum absolute atomic E-state index is 11.2. The summed E-state index contributed by atoms with van der Waals surface area (Å²) in [5.74, 6) is 0. The van der Waals surface area contributed by atoms with E-state index in [2.05, 4.69) is 10.6 Å². The Bertz CT molecular complexity index is 1070. The molecule has 0 bridgehead atoms. The second-order valence-electron chi connectivity index (χ2n) is 11.7. The standard InChI is InChI=1S/C35H62N4O16/c40-38(41)32-1-2-34(35(31-32)39(42)43)37-7-8-44-9-10-45-11-12-46-13-14-47-15-16-48-17-18-49-19-20-50-21-22-51-23-24-52-25-26-53-27-28-54-29-30-55-33-3-5-36-6-4-33/h1-2,31,33,36-37H,3-30H2. The molecule has 318 valence electrons. The molecule has 0 spiro atoms. The Balaban J connectivity index is 1.17. The van der Waals surface area contributed by atoms with Crippen molar-refractivity contribution in [1.82, 2.24) is 5.32 Å². The Morgan fingerprint density at radius 1 is 0.509 bits per heavy atom. The molecule has 20 heteroatoms. The van der Waals surface area contributed by atoms with Crippen LogP contribution < -0.4 is 10.6 Å². The Hall–Kier alpha value is -2.70. The first kappa shape index (κ1) is 48.4. The van der Waals surface area contributed by atoms with Gasteiger partial charge in [0.25, 0.3) is 11.4 Å². The third-order valence-electron chi connectivity index (χ3n) is 7.54. The van der Waals surface area contributed by atoms with E-state index in [-0.39, 0.29) is 30.2 Å². The van der Waals surface area contributed by atoms with Crippen molar-refractivity contribution in [3.05, 3.63) is 38.4 Å². The number of benzene rings is 1. The number of nitro benzene ring substituents is 2. The lowest BCUT2D eigenvalue weighted by Gasteiger charge is -2.22. The van der Waals surface area contributed by atoms with Crippen molar-refractivity contribution >= 4 is 17.1 Å². The van der Waals surface area contributed by atoms with Gasteiger partial charge >= 0.3 is 0 Å². The largest absolute Gasteiger partial charge is 0.377 e. The summed E-state index contributed by atoms with van der Waals surface area (Å²) < 4.78 is 66.0. The number of nitrogens with one attached hydrogen (secondary N) is 2. The highest BCUT2D eigenvalue weighted by molar-refractivity contribution is 5.65. The van der Waals surface area contributed by atoms with E-state index in [1.807, 2.05) is 0 Å². The van der Waals surface area contributed by atoms with E-state index >= 15 is 0 Å². The summed E-state index contributed by atoms with van der Waals surface area (Å²) >= 11 is 0. The van der Waals surface area contributed by atoms with Crippen LogP contribution in [0.15, 0.2) is 18.2 Å². The highest BCUT2D eigenvalue weighted by Crippen LogP contribution is 2.28. The van der Waals surface area contributed by atoms with E-state index in [0.29, 0.717) is 151 Å². The molecule has 55 heavy (non-hydrogen) atoms. The Morgan fingerprint density at radius 2 is 0.855 bits per heavy atom. The number of hydrogen-bond donors (Lipinski definition) is 2. The average molecular weight is 795 g/mol. The van der Waals surface area contributed by atoms with Gasteiger partial charge in [-0.15, -0.1) is 0 Å². The average Bonchev–Trinajstić information content (AvgIpc) is 3.19. The SMILES string of the molecule is O=[N+]([O-])c1ccc(NCCOCCOCCOCCOCCOCCOCCOCCOCCOCCOCCOCCOC2CCNCC2)c([N+](=O)[O-])c1. The first-order valence-electron chi connectivity index (χ1n) is 18.9. The van der Waals surface area contributed by atoms with Crippen molar-refractivity contribution in [3.63, 3.8) is 0 Å². The molecule has 1 heterocycles. The zero-order valence-electron chi connectivity index (χ0n) is 32.0. The van der Waals surface area contributed by atoms with Crippen LogP contribution in [0.2, 0.25) is 0 Å². The highest BCUT2D eigenvalue weighted by atomic mass is 16.6. The molecule has 0 aliphatic carbocycles. The molecule has 0 radical (unpaired) electrons. The summed E-state index contributed by atoms with van der Waals surface area (Å²) in [7, 11) is 0. The molecule has 1 aromatic carbocycles. The molecule has 1 aromatic rings. The number of hydrogen-bond acceptors (Lipinski definition) is 18. The summed E-state index contributed by atoms with van der Waals surface area (Å²) in [4.78, 5) is 20.6. The lowest BCUT2D eigenvalue weighted by atomic mass is 10.1. The quantitative estimate of drug-likeness (QED) is 0.0550. The number of rotatable bonds is 40. The monoisotopic (exact) mass is 794 g/mol. The van der Waals surface area contributed by atoms with E-state index in [0.717, 1.165) is 32.0 Å². The van der Waals surface area contributed by atoms with Gasteiger partial charge in [-0.1, -0.05) is 0 Å². The van der Waals surface area contributed by atoms with Gasteiger partial charge in [-0.3, -0.25) is 20.2 Å². The third kappa shape index (κ3) is 28.4. The number of nitro groups is 2. The topological polar surface area (TPSA) is 221 Å². The molecule has 1 aliphatic heterocycles. The molecule has 0 saturated carbocycles. The van der Waals surface area contributed by atoms with Gasteiger partial charge in [-0.05, 0) is 32.0 Å². The smallest absolute Gasteiger partial charge is 0.299 e. The minimum atomic E-state index is -0.680. The van der Waals surface area contributed by atoms with Crippen molar-refractivity contribution in [1.29, 1.82) is 0 Å². The van der Waals surface area contributed by atoms with Crippen molar-refractivity contribution < 1.29 is 66.7 Å². The maximum Gasteiger partial charge on any atom is 0.299 e. The number of non-ortho nitro benzene ring substituents is 1. The van der Waals surface area contributed by atoms with Gasteiger partial charge in [0.1, 0.15) is 5.69 Å². The number of ether oxygens (including phenoxy) is 12. The second kappa shape index (κ2) is 35.7. The molecular weight excluding hydrogens is 732 g/mol. The molecule has 0 amide bonds. The van der Waals surface area contributed by atoms with Crippen molar-refractivity contribution in [2.45, 2.75) is 18.9 Å². The Morgan fingerprint density at radius 3 is 1.20 bits per heavy atom. The summed E-state index contributed by atoms with van der Waals surface area (Å²) in [6.45, 7) is 13.2. The molecular formula is C35H62N4O16. The summed E-state index contributed by atoms with van der Waals surface area (Å²) in [5, 5.41) is 28.1. The van der Waals surface area contributed by atoms with Crippen LogP contribution in [0, 0.1) is 20.2 Å². The number of nitrogens with zero attached hydrogens (tertiary/aromatic N) is 2. The highest BCUT2D eigenvalue weighted by Gasteiger charge is 2.19. The number of anilines is 1. The van der Waals surface area contributed by atoms with Crippen LogP contribution in [0.4, 0.5) is 17.1 Å². The molecule has 0 aromatic heterocycles. The molecule has 2 N–H and O–H groups in total. The molecule has 1 saturated heterocycles. The van der Waals surface area contributed by atoms with Gasteiger partial charge in [0.05, 0.1) is 174 Å². The van der Waals surface area contributed by atoms with E-state index in [1.54, 1.807) is 0 Å². The van der Waals surface area contributed by atoms with Gasteiger partial charge in [0, 0.05) is 12.6 Å². The van der Waals surface area contributed by atoms with Gasteiger partial charge in [-0.2, -0.15) is 0 Å². The molecule has 2 rings (SSSR count). The maximum atomic E-state index is 11.2. The van der Waals surface area contributed by atoms with E-state index in [9.17, 15) is 20.2 Å². The zero-order chi connectivity index (χ0) is 39.3. The normalized spacial score (nSPS) is 13.4. The first-order valence-corrected chi connectivity index (χ1v) is 18.9. The van der Waals surface area contributed by atoms with Crippen LogP contribution in [-0.2, 0) is 56.8 Å². The van der Waals surface area contributed by atoms with Crippen LogP contribution >= 0.6 is 0 Å². The molecule has 1 aliphatic rings. The minimum absolute atomic E-state index is 0.185. The van der Waals surface area contributed by atoms with E-state index < -0.39 is 9.85 Å². The van der Waals surface area contributed by atoms with Crippen LogP contribution in [0.1, 0.15) is 12.8 Å². The van der Waals surface area contributed by atoms with Crippen LogP contribution in [0.3, 0.4) is 0 Å². The molecule has 1 fully saturated rings. The number of piperidine rings is 1. The minimum Gasteiger partial charge on any atom is -0.377 e. The first-order chi connectivity index (χ1) is 27.1. The Labute approximate surface area is 323 Å². The van der Waals surface area contributed by atoms with Crippen molar-refractivity contribution in [3.8, 4) is 0 Å². The van der Waals surface area contributed by atoms with E-state index in [4.69, 9.17) is 56.8 Å². The van der Waals surface area contributed by atoms with Gasteiger partial charge in [0.2, 0.25) is 0 Å². The van der Waals surface area contributed by atoms with E-state index in [1.165, 1.54) is 12.1 Å². The summed E-state index contributed by atoms with van der Waals surface area (Å²) in [6.07, 6.45) is 2.50. The fourth-order valence-electron chi connectivity index (χ4n) is 4.73. The lowest BCUT2D eigenvalue weighted by molar-refractivity contribution is -0.393. The second-order valence-corrected chi connectivity index (χ2v) is 11.7. The lowest BCUT2D eigenvalue weighted by Crippen LogP contribution is -2.33. The van der Waals surface area contributed by atoms with Crippen LogP contribution in [-0.4, -0.2) is 188 Å². The predicted octanol–water partition coefficient (Wildman–Crippen LogP) is 1.87. The molecule has 0 unspecified atom stereocenters. The third-order valence-corrected chi connectivity index (χ3v) is 7.54. The molecule has 0 atom stereocenters. The summed E-state index contributed by atoms with van der Waals surface area (Å²) in [6, 6.07) is 3.43. The van der Waals surface area contributed by atoms with Crippen molar-refractivity contribution in [2.75, 3.05) is 177 Å². The van der Waals surface area contributed by atoms with Gasteiger partial charge < -0.3 is 67.5 Å². The fourth-order valence-corrected chi connectivity index (χ4v) is 4.73. The van der Waals surface area contributed by atoms with Crippen LogP contribution in [0.25, 0.3) is 0 Å². The van der Waals surface area contributed by atoms with Gasteiger partial charge in [-0.25, -0.2) is 0 Å². The predicted molar refractivity (Wildman–Crippen MR) is 199 cm³/mol. The van der Waals surface area contributed by atoms with Crippen LogP contribution in [0.5, 0.6) is 0 Å². The zero-order valence-corrected chi connectivity index (χ0v) is 32.0. The van der Waals surface area contributed by atoms with Crippen molar-refractivity contribution in [2.24, 2.45) is 0 Å². The summed E-state index contributed by atoms with van der Waals surface area (Å²) in [5.41, 5.74) is -0.527. The van der Waals surface area contributed by atoms with Gasteiger partial charge in [0.15, 0.2) is 0 Å². The molecule has 20 nitrogen and oxygen atoms in total. The Kier molecular flexibility index (Phi) is 31.4. The fraction of sp³-hybridized carbons (Fsp3) is 0.829.